The van der Waals surface area contributed by atoms with Crippen molar-refractivity contribution in [1.82, 2.24) is 15.1 Å². The predicted octanol–water partition coefficient (Wildman–Crippen LogP) is -0.0909. The number of amides is 2. The van der Waals surface area contributed by atoms with Crippen LogP contribution in [-0.4, -0.2) is 73.5 Å². The van der Waals surface area contributed by atoms with Gasteiger partial charge >= 0.3 is 6.03 Å². The number of urea groups is 1. The van der Waals surface area contributed by atoms with Gasteiger partial charge in [0.2, 0.25) is 0 Å². The first-order valence-corrected chi connectivity index (χ1v) is 8.50. The molecule has 0 aromatic rings. The average Bonchev–Trinajstić information content (AvgIpc) is 2.20. The summed E-state index contributed by atoms with van der Waals surface area (Å²) < 4.78 is 22.6. The van der Waals surface area contributed by atoms with Crippen molar-refractivity contribution < 1.29 is 13.2 Å². The van der Waals surface area contributed by atoms with Gasteiger partial charge in [-0.05, 0) is 20.8 Å². The highest BCUT2D eigenvalue weighted by Gasteiger charge is 2.36. The summed E-state index contributed by atoms with van der Waals surface area (Å²) in [5.74, 6) is 0.165. The minimum atomic E-state index is -2.93. The van der Waals surface area contributed by atoms with E-state index in [-0.39, 0.29) is 29.1 Å². The van der Waals surface area contributed by atoms with E-state index in [1.54, 1.807) is 4.90 Å². The summed E-state index contributed by atoms with van der Waals surface area (Å²) in [6.45, 7) is 8.80. The van der Waals surface area contributed by atoms with Gasteiger partial charge in [-0.15, -0.1) is 0 Å². The third kappa shape index (κ3) is 3.60. The summed E-state index contributed by atoms with van der Waals surface area (Å²) in [6, 6.07) is 0.0544. The van der Waals surface area contributed by atoms with E-state index < -0.39 is 9.84 Å². The van der Waals surface area contributed by atoms with Gasteiger partial charge in [0.25, 0.3) is 0 Å². The Balaban J connectivity index is 1.75. The van der Waals surface area contributed by atoms with E-state index in [1.165, 1.54) is 0 Å². The number of nitrogens with one attached hydrogen (secondary N) is 1. The molecule has 0 bridgehead atoms. The van der Waals surface area contributed by atoms with Gasteiger partial charge in [0.05, 0.1) is 17.5 Å². The first-order chi connectivity index (χ1) is 8.67. The monoisotopic (exact) mass is 289 g/mol. The normalized spacial score (nSPS) is 24.9. The van der Waals surface area contributed by atoms with Gasteiger partial charge < -0.3 is 10.2 Å². The molecule has 2 fully saturated rings. The number of rotatable bonds is 1. The van der Waals surface area contributed by atoms with Crippen molar-refractivity contribution in [1.29, 1.82) is 0 Å². The third-order valence-corrected chi connectivity index (χ3v) is 5.40. The van der Waals surface area contributed by atoms with Crippen LogP contribution in [0.25, 0.3) is 0 Å². The lowest BCUT2D eigenvalue weighted by molar-refractivity contribution is 0.0369. The van der Waals surface area contributed by atoms with Crippen molar-refractivity contribution in [3.05, 3.63) is 0 Å². The van der Waals surface area contributed by atoms with E-state index in [0.717, 1.165) is 13.1 Å². The first kappa shape index (κ1) is 14.6. The zero-order valence-electron chi connectivity index (χ0n) is 11.8. The van der Waals surface area contributed by atoms with Crippen LogP contribution in [0.3, 0.4) is 0 Å². The van der Waals surface area contributed by atoms with Gasteiger partial charge in [0, 0.05) is 31.7 Å². The maximum absolute atomic E-state index is 12.0. The fraction of sp³-hybridized carbons (Fsp3) is 0.917. The van der Waals surface area contributed by atoms with Crippen molar-refractivity contribution in [2.45, 2.75) is 32.4 Å². The SMILES string of the molecule is CC(C)(C)N1CC(NC(=O)N2CCS(=O)(=O)CC2)C1. The molecule has 7 heteroatoms. The molecule has 0 aliphatic carbocycles. The largest absolute Gasteiger partial charge is 0.333 e. The molecule has 6 nitrogen and oxygen atoms in total. The molecule has 0 unspecified atom stereocenters. The molecule has 0 radical (unpaired) electrons. The van der Waals surface area contributed by atoms with Crippen LogP contribution in [0.1, 0.15) is 20.8 Å². The molecule has 19 heavy (non-hydrogen) atoms. The summed E-state index contributed by atoms with van der Waals surface area (Å²) in [5.41, 5.74) is 0.139. The Hall–Kier alpha value is -0.820. The van der Waals surface area contributed by atoms with Crippen LogP contribution >= 0.6 is 0 Å². The summed E-state index contributed by atoms with van der Waals surface area (Å²) in [6.07, 6.45) is 0. The van der Waals surface area contributed by atoms with Crippen LogP contribution in [-0.2, 0) is 9.84 Å². The topological polar surface area (TPSA) is 69.7 Å². The van der Waals surface area contributed by atoms with E-state index >= 15 is 0 Å². The zero-order valence-corrected chi connectivity index (χ0v) is 12.7. The lowest BCUT2D eigenvalue weighted by Gasteiger charge is -2.48. The van der Waals surface area contributed by atoms with Crippen LogP contribution in [0.5, 0.6) is 0 Å². The molecule has 1 N–H and O–H groups in total. The number of carbonyl (C=O) groups is 1. The summed E-state index contributed by atoms with van der Waals surface area (Å²) >= 11 is 0. The van der Waals surface area contributed by atoms with Crippen LogP contribution in [0.2, 0.25) is 0 Å². The van der Waals surface area contributed by atoms with Crippen LogP contribution in [0.15, 0.2) is 0 Å². The highest BCUT2D eigenvalue weighted by Crippen LogP contribution is 2.21. The molecular weight excluding hydrogens is 266 g/mol. The lowest BCUT2D eigenvalue weighted by Crippen LogP contribution is -2.66. The smallest absolute Gasteiger partial charge is 0.317 e. The molecule has 2 rings (SSSR count). The standard InChI is InChI=1S/C12H23N3O3S/c1-12(2,3)15-8-10(9-15)13-11(16)14-4-6-19(17,18)7-5-14/h10H,4-9H2,1-3H3,(H,13,16). The zero-order chi connectivity index (χ0) is 14.3. The number of carbonyl (C=O) groups excluding carboxylic acids is 1. The number of hydrogen-bond donors (Lipinski definition) is 1. The fourth-order valence-electron chi connectivity index (χ4n) is 2.30. The first-order valence-electron chi connectivity index (χ1n) is 6.68. The maximum Gasteiger partial charge on any atom is 0.317 e. The molecule has 0 atom stereocenters. The Kier molecular flexibility index (Phi) is 3.79. The van der Waals surface area contributed by atoms with Crippen molar-refractivity contribution in [2.24, 2.45) is 0 Å². The average molecular weight is 289 g/mol. The molecular formula is C12H23N3O3S. The Morgan fingerprint density at radius 3 is 2.16 bits per heavy atom. The van der Waals surface area contributed by atoms with Crippen LogP contribution in [0, 0.1) is 0 Å². The number of hydrogen-bond acceptors (Lipinski definition) is 4. The molecule has 110 valence electrons. The van der Waals surface area contributed by atoms with Crippen LogP contribution in [0.4, 0.5) is 4.79 Å². The Morgan fingerprint density at radius 1 is 1.16 bits per heavy atom. The minimum absolute atomic E-state index is 0.0825. The molecule has 0 spiro atoms. The Morgan fingerprint density at radius 2 is 1.68 bits per heavy atom. The van der Waals surface area contributed by atoms with Gasteiger partial charge in [-0.2, -0.15) is 0 Å². The van der Waals surface area contributed by atoms with Gasteiger partial charge in [0.15, 0.2) is 9.84 Å². The Labute approximate surface area is 115 Å². The molecule has 0 saturated carbocycles. The van der Waals surface area contributed by atoms with Crippen LogP contribution < -0.4 is 5.32 Å². The van der Waals surface area contributed by atoms with Crippen molar-refractivity contribution in [3.8, 4) is 0 Å². The van der Waals surface area contributed by atoms with Crippen molar-refractivity contribution >= 4 is 15.9 Å². The second-order valence-corrected chi connectivity index (χ2v) is 8.66. The van der Waals surface area contributed by atoms with Crippen molar-refractivity contribution in [3.63, 3.8) is 0 Å². The van der Waals surface area contributed by atoms with E-state index in [2.05, 4.69) is 31.0 Å². The van der Waals surface area contributed by atoms with Gasteiger partial charge in [-0.3, -0.25) is 4.90 Å². The molecule has 2 aliphatic rings. The summed E-state index contributed by atoms with van der Waals surface area (Å²) in [7, 11) is -2.93. The van der Waals surface area contributed by atoms with Gasteiger partial charge in [-0.25, -0.2) is 13.2 Å². The molecule has 2 aliphatic heterocycles. The molecule has 0 aromatic carbocycles. The second-order valence-electron chi connectivity index (χ2n) is 6.36. The van der Waals surface area contributed by atoms with E-state index in [4.69, 9.17) is 0 Å². The number of nitrogens with zero attached hydrogens (tertiary/aromatic N) is 2. The summed E-state index contributed by atoms with van der Waals surface area (Å²) in [4.78, 5) is 15.9. The van der Waals surface area contributed by atoms with E-state index in [1.807, 2.05) is 0 Å². The van der Waals surface area contributed by atoms with Gasteiger partial charge in [-0.1, -0.05) is 0 Å². The van der Waals surface area contributed by atoms with Gasteiger partial charge in [0.1, 0.15) is 0 Å². The van der Waals surface area contributed by atoms with Crippen molar-refractivity contribution in [2.75, 3.05) is 37.7 Å². The highest BCUT2D eigenvalue weighted by atomic mass is 32.2. The van der Waals surface area contributed by atoms with E-state index in [0.29, 0.717) is 13.1 Å². The Bertz CT molecular complexity index is 435. The summed E-state index contributed by atoms with van der Waals surface area (Å²) in [5, 5.41) is 2.97. The molecule has 0 aromatic heterocycles. The molecule has 2 heterocycles. The molecule has 2 saturated heterocycles. The number of sulfone groups is 1. The predicted molar refractivity (Wildman–Crippen MR) is 73.9 cm³/mol. The highest BCUT2D eigenvalue weighted by molar-refractivity contribution is 7.91. The minimum Gasteiger partial charge on any atom is -0.333 e. The lowest BCUT2D eigenvalue weighted by atomic mass is 9.98. The maximum atomic E-state index is 12.0. The number of likely N-dealkylation sites (tertiary alicyclic amines) is 1. The fourth-order valence-corrected chi connectivity index (χ4v) is 3.50. The second kappa shape index (κ2) is 4.94. The quantitative estimate of drug-likeness (QED) is 0.732. The van der Waals surface area contributed by atoms with E-state index in [9.17, 15) is 13.2 Å². The third-order valence-electron chi connectivity index (χ3n) is 3.79. The molecule has 2 amide bonds.